The molecule has 0 saturated heterocycles. The Morgan fingerprint density at radius 3 is 1.97 bits per heavy atom. The third kappa shape index (κ3) is 19.3. The van der Waals surface area contributed by atoms with Crippen molar-refractivity contribution in [2.24, 2.45) is 7.05 Å². The molecule has 1 atom stereocenters. The Hall–Kier alpha value is -4.66. The lowest BCUT2D eigenvalue weighted by molar-refractivity contribution is -0.193. The van der Waals surface area contributed by atoms with Gasteiger partial charge in [-0.25, -0.2) is 19.1 Å². The number of ether oxygens (including phenoxy) is 3. The maximum Gasteiger partial charge on any atom is 0.442 e. The first kappa shape index (κ1) is 56.4. The number of aryl methyl sites for hydroxylation is 1. The summed E-state index contributed by atoms with van der Waals surface area (Å²) >= 11 is 17.9. The Morgan fingerprint density at radius 1 is 1.00 bits per heavy atom. The van der Waals surface area contributed by atoms with Crippen LogP contribution < -0.4 is 40.2 Å². The fourth-order valence-corrected chi connectivity index (χ4v) is 6.47. The predicted molar refractivity (Wildman–Crippen MR) is 232 cm³/mol. The van der Waals surface area contributed by atoms with Gasteiger partial charge in [-0.05, 0) is 30.8 Å². The van der Waals surface area contributed by atoms with Gasteiger partial charge in [0, 0.05) is 18.5 Å². The van der Waals surface area contributed by atoms with Crippen LogP contribution in [-0.4, -0.2) is 123 Å². The summed E-state index contributed by atoms with van der Waals surface area (Å²) in [7, 11) is -4.57. The van der Waals surface area contributed by atoms with Gasteiger partial charge in [-0.2, -0.15) is 28.2 Å². The minimum Gasteiger partial charge on any atom is -0.778 e. The zero-order valence-electron chi connectivity index (χ0n) is 35.5. The molecule has 0 spiro atoms. The van der Waals surface area contributed by atoms with E-state index in [2.05, 4.69) is 44.2 Å². The summed E-state index contributed by atoms with van der Waals surface area (Å²) in [4.78, 5) is 70.7. The van der Waals surface area contributed by atoms with Crippen LogP contribution in [0.4, 0.5) is 10.7 Å². The fourth-order valence-electron chi connectivity index (χ4n) is 3.99. The highest BCUT2D eigenvalue weighted by Gasteiger charge is 2.32. The highest BCUT2D eigenvalue weighted by molar-refractivity contribution is 7.94. The molecule has 0 aliphatic heterocycles. The van der Waals surface area contributed by atoms with Crippen LogP contribution >= 0.6 is 42.4 Å². The minimum absolute atomic E-state index is 0.0478. The number of anilines is 1. The second-order valence-corrected chi connectivity index (χ2v) is 20.6. The summed E-state index contributed by atoms with van der Waals surface area (Å²) in [6.45, 7) is 8.99. The minimum atomic E-state index is -4.64. The van der Waals surface area contributed by atoms with Gasteiger partial charge in [0.15, 0.2) is 10.2 Å². The summed E-state index contributed by atoms with van der Waals surface area (Å²) in [5.41, 5.74) is -0.801. The molecule has 1 unspecified atom stereocenters. The van der Waals surface area contributed by atoms with Crippen LogP contribution in [0.25, 0.3) is 5.69 Å². The summed E-state index contributed by atoms with van der Waals surface area (Å²) in [6.07, 6.45) is 5.81. The van der Waals surface area contributed by atoms with Crippen LogP contribution in [0.3, 0.4) is 0 Å². The highest BCUT2D eigenvalue weighted by atomic mass is 35.5. The molecular formula is C33H47Cl3N9O15PS2. The van der Waals surface area contributed by atoms with E-state index in [9.17, 15) is 37.1 Å². The van der Waals surface area contributed by atoms with E-state index in [-0.39, 0.29) is 34.2 Å². The summed E-state index contributed by atoms with van der Waals surface area (Å²) in [5.74, 6) is -2.87. The second kappa shape index (κ2) is 24.4. The number of rotatable bonds is 13. The van der Waals surface area contributed by atoms with Crippen LogP contribution in [0.2, 0.25) is 15.2 Å². The van der Waals surface area contributed by atoms with Gasteiger partial charge in [0.05, 0.1) is 73.7 Å². The fraction of sp³-hybridized carbons (Fsp3) is 0.455. The number of nitrogens with one attached hydrogen (secondary N) is 3. The molecule has 0 bridgehead atoms. The third-order valence-corrected chi connectivity index (χ3v) is 9.26. The van der Waals surface area contributed by atoms with Gasteiger partial charge in [0.25, 0.3) is 10.0 Å². The number of aliphatic carboxylic acids is 1. The normalized spacial score (nSPS) is 12.0. The number of halogens is 3. The van der Waals surface area contributed by atoms with Crippen molar-refractivity contribution >= 4 is 87.2 Å². The number of carboxylic acids is 2. The average Bonchev–Trinajstić information content (AvgIpc) is 3.67. The monoisotopic (exact) mass is 1010 g/mol. The Labute approximate surface area is 379 Å². The van der Waals surface area contributed by atoms with Crippen LogP contribution in [0.15, 0.2) is 32.4 Å². The molecule has 2 amide bonds. The molecule has 0 radical (unpaired) electrons. The first-order valence-corrected chi connectivity index (χ1v) is 24.1. The molecule has 0 saturated carbocycles. The lowest BCUT2D eigenvalue weighted by atomic mass is 9.97. The largest absolute Gasteiger partial charge is 0.778 e. The van der Waals surface area contributed by atoms with Gasteiger partial charge in [-0.3, -0.25) is 20.1 Å². The number of methoxy groups -OCH3 is 2. The van der Waals surface area contributed by atoms with Crippen molar-refractivity contribution in [3.8, 4) is 23.2 Å². The number of benzene rings is 1. The number of urea groups is 1. The quantitative estimate of drug-likeness (QED) is 0.0828. The molecule has 0 aliphatic rings. The van der Waals surface area contributed by atoms with E-state index in [1.165, 1.54) is 26.4 Å². The van der Waals surface area contributed by atoms with E-state index >= 15 is 0 Å². The molecule has 0 aliphatic carbocycles. The average molecular weight is 1010 g/mol. The molecule has 6 N–H and O–H groups in total. The van der Waals surface area contributed by atoms with E-state index in [0.717, 1.165) is 11.7 Å². The van der Waals surface area contributed by atoms with Gasteiger partial charge < -0.3 is 43.2 Å². The van der Waals surface area contributed by atoms with Crippen LogP contribution in [0.1, 0.15) is 50.9 Å². The predicted octanol–water partition coefficient (Wildman–Crippen LogP) is 2.96. The van der Waals surface area contributed by atoms with Gasteiger partial charge in [0.1, 0.15) is 18.9 Å². The van der Waals surface area contributed by atoms with Gasteiger partial charge in [-0.15, -0.1) is 5.10 Å². The number of carbonyl (C=O) groups excluding carboxylic acids is 1. The van der Waals surface area contributed by atoms with E-state index in [1.54, 1.807) is 10.8 Å². The Balaban J connectivity index is 0.000000491. The maximum atomic E-state index is 12.4. The Morgan fingerprint density at radius 2 is 1.54 bits per heavy atom. The number of sulfonamides is 1. The van der Waals surface area contributed by atoms with Crippen LogP contribution in [-0.2, 0) is 42.7 Å². The molecule has 1 aromatic carbocycles. The zero-order chi connectivity index (χ0) is 48.8. The van der Waals surface area contributed by atoms with Crippen LogP contribution in [0.5, 0.6) is 17.5 Å². The van der Waals surface area contributed by atoms with E-state index in [1.807, 2.05) is 39.9 Å². The molecule has 4 rings (SSSR count). The van der Waals surface area contributed by atoms with Crippen LogP contribution in [0, 0.1) is 0 Å². The molecule has 352 valence electrons. The van der Waals surface area contributed by atoms with E-state index < -0.39 is 69.9 Å². The van der Waals surface area contributed by atoms with Crippen molar-refractivity contribution in [2.75, 3.05) is 51.1 Å². The van der Waals surface area contributed by atoms with Gasteiger partial charge in [0.2, 0.25) is 23.6 Å². The third-order valence-electron chi connectivity index (χ3n) is 6.34. The second-order valence-electron chi connectivity index (χ2n) is 13.8. The smallest absolute Gasteiger partial charge is 0.442 e. The van der Waals surface area contributed by atoms with E-state index in [0.29, 0.717) is 37.9 Å². The summed E-state index contributed by atoms with van der Waals surface area (Å²) in [5, 5.41) is 28.2. The molecule has 63 heavy (non-hydrogen) atoms. The van der Waals surface area contributed by atoms with Gasteiger partial charge >= 0.3 is 23.7 Å². The number of carbonyl (C=O) groups is 3. The standard InChI is InChI=1S/C15H18Cl2N2O3.C12H13ClN6O7S.C3H8NO5P.C3H9S/c1-8(2)21-12-7-11(9(16)6-10(12)17)19-14(20)22-13(18-19)15(3,4)5;1-19-9(7(10(20)21)8(13)17-19)27(23,24)18-12(22)16-11-14-5(25-2)4-6(15-11)26-3;5-3(6)1-4-2-10(7,8)9;1-4(2)3/h6-8H,1-5H3;4H,1-3H3,(H,20,21)(H2,14,15,16,18,22);4H,1-2H2,(H,5,6)(H2,7,8,9);1-3H3/q;;;+1/p-1. The number of aromatic nitrogens is 6. The number of amides is 2. The van der Waals surface area contributed by atoms with Crippen molar-refractivity contribution in [1.82, 2.24) is 39.6 Å². The molecule has 3 heterocycles. The van der Waals surface area contributed by atoms with E-state index in [4.69, 9.17) is 68.5 Å². The number of nitrogens with zero attached hydrogens (tertiary/aromatic N) is 6. The first-order valence-electron chi connectivity index (χ1n) is 17.3. The van der Waals surface area contributed by atoms with Crippen molar-refractivity contribution in [2.45, 2.75) is 51.2 Å². The number of hydrogen-bond donors (Lipinski definition) is 6. The zero-order valence-corrected chi connectivity index (χ0v) is 40.3. The lowest BCUT2D eigenvalue weighted by Gasteiger charge is -2.14. The Kier molecular flexibility index (Phi) is 21.8. The molecule has 4 aromatic rings. The molecule has 24 nitrogen and oxygen atoms in total. The number of carboxylic acid groups (broad SMARTS) is 2. The first-order chi connectivity index (χ1) is 28.8. The topological polar surface area (TPSA) is 342 Å². The summed E-state index contributed by atoms with van der Waals surface area (Å²) < 4.78 is 58.8. The SMILES string of the molecule is CC(C)Oc1cc(-n2nc(C(C)(C)C)oc2=O)c(Cl)cc1Cl.COc1cc(OC)nc(NC(=O)NS(=O)(=O)c2c(C(=O)O)c(Cl)nn2C)n1.C[S+](C)C.O=C(O)CNCP(=O)([O-])O. The van der Waals surface area contributed by atoms with Crippen molar-refractivity contribution in [1.29, 1.82) is 0 Å². The summed E-state index contributed by atoms with van der Waals surface area (Å²) in [6, 6.07) is 3.17. The Bertz CT molecular complexity index is 2410. The van der Waals surface area contributed by atoms with Crippen molar-refractivity contribution < 1.29 is 66.0 Å². The molecular weight excluding hydrogens is 964 g/mol. The van der Waals surface area contributed by atoms with Crippen molar-refractivity contribution in [3.63, 3.8) is 0 Å². The molecule has 30 heteroatoms. The molecule has 0 fully saturated rings. The lowest BCUT2D eigenvalue weighted by Crippen LogP contribution is -2.36. The number of hydrogen-bond acceptors (Lipinski definition) is 17. The van der Waals surface area contributed by atoms with Gasteiger partial charge in [-0.1, -0.05) is 55.6 Å². The van der Waals surface area contributed by atoms with Crippen molar-refractivity contribution in [3.05, 3.63) is 55.4 Å². The number of aromatic carboxylic acids is 1. The molecule has 3 aromatic heterocycles. The maximum absolute atomic E-state index is 12.4. The highest BCUT2D eigenvalue weighted by Crippen LogP contribution is 2.34.